The molecule has 132 valence electrons. The Bertz CT molecular complexity index is 759. The Morgan fingerprint density at radius 3 is 2.00 bits per heavy atom. The third kappa shape index (κ3) is 4.69. The van der Waals surface area contributed by atoms with E-state index in [-0.39, 0.29) is 18.2 Å². The van der Waals surface area contributed by atoms with Gasteiger partial charge in [0, 0.05) is 11.4 Å². The van der Waals surface area contributed by atoms with Crippen molar-refractivity contribution in [1.82, 2.24) is 0 Å². The number of hydrogen-bond acceptors (Lipinski definition) is 2. The third-order valence-corrected chi connectivity index (χ3v) is 4.46. The van der Waals surface area contributed by atoms with Crippen LogP contribution >= 0.6 is 0 Å². The Morgan fingerprint density at radius 2 is 1.40 bits per heavy atom. The highest BCUT2D eigenvalue weighted by Crippen LogP contribution is 2.23. The number of para-hydroxylation sites is 1. The van der Waals surface area contributed by atoms with Crippen molar-refractivity contribution in [3.63, 3.8) is 0 Å². The zero-order chi connectivity index (χ0) is 18.4. The van der Waals surface area contributed by atoms with Crippen LogP contribution in [0.2, 0.25) is 0 Å². The summed E-state index contributed by atoms with van der Waals surface area (Å²) in [7, 11) is 0. The zero-order valence-electron chi connectivity index (χ0n) is 15.4. The number of nitrogens with one attached hydrogen (secondary N) is 2. The van der Waals surface area contributed by atoms with Gasteiger partial charge in [-0.25, -0.2) is 0 Å². The first kappa shape index (κ1) is 18.7. The van der Waals surface area contributed by atoms with Gasteiger partial charge < -0.3 is 10.6 Å². The average Bonchev–Trinajstić information content (AvgIpc) is 2.59. The van der Waals surface area contributed by atoms with Gasteiger partial charge >= 0.3 is 0 Å². The first-order valence-electron chi connectivity index (χ1n) is 8.72. The van der Waals surface area contributed by atoms with Crippen molar-refractivity contribution in [1.29, 1.82) is 0 Å². The lowest BCUT2D eigenvalue weighted by atomic mass is 10.0. The Morgan fingerprint density at radius 1 is 0.840 bits per heavy atom. The lowest BCUT2D eigenvalue weighted by molar-refractivity contribution is -0.123. The molecule has 0 aromatic heterocycles. The number of carbonyl (C=O) groups excluding carboxylic acids is 2. The standard InChI is InChI=1S/C21H26N2O2/c1-5-16-10-8-11-17(6-2)21(16)23-20(25)13-19(24)22-18-12-7-9-14(3)15(18)4/h7-12H,5-6,13H2,1-4H3,(H,22,24)(H,23,25). The van der Waals surface area contributed by atoms with E-state index >= 15 is 0 Å². The van der Waals surface area contributed by atoms with Crippen LogP contribution in [0.3, 0.4) is 0 Å². The molecule has 0 saturated heterocycles. The second kappa shape index (κ2) is 8.47. The average molecular weight is 338 g/mol. The van der Waals surface area contributed by atoms with Crippen molar-refractivity contribution >= 4 is 23.2 Å². The van der Waals surface area contributed by atoms with Crippen LogP contribution in [0.1, 0.15) is 42.5 Å². The normalized spacial score (nSPS) is 10.4. The van der Waals surface area contributed by atoms with Gasteiger partial charge in [0.2, 0.25) is 11.8 Å². The van der Waals surface area contributed by atoms with Gasteiger partial charge in [0.05, 0.1) is 0 Å². The number of rotatable bonds is 6. The molecule has 4 nitrogen and oxygen atoms in total. The van der Waals surface area contributed by atoms with Gasteiger partial charge in [-0.05, 0) is 55.0 Å². The molecule has 2 N–H and O–H groups in total. The molecule has 0 bridgehead atoms. The zero-order valence-corrected chi connectivity index (χ0v) is 15.4. The molecule has 0 heterocycles. The maximum absolute atomic E-state index is 12.3. The van der Waals surface area contributed by atoms with E-state index in [9.17, 15) is 9.59 Å². The Labute approximate surface area is 149 Å². The monoisotopic (exact) mass is 338 g/mol. The van der Waals surface area contributed by atoms with E-state index in [2.05, 4.69) is 24.5 Å². The lowest BCUT2D eigenvalue weighted by Gasteiger charge is -2.15. The minimum Gasteiger partial charge on any atom is -0.325 e. The molecule has 0 spiro atoms. The summed E-state index contributed by atoms with van der Waals surface area (Å²) in [5, 5.41) is 5.75. The number of hydrogen-bond donors (Lipinski definition) is 2. The molecule has 2 aromatic rings. The molecule has 0 atom stereocenters. The molecular weight excluding hydrogens is 312 g/mol. The molecule has 0 unspecified atom stereocenters. The summed E-state index contributed by atoms with van der Waals surface area (Å²) >= 11 is 0. The number of carbonyl (C=O) groups is 2. The van der Waals surface area contributed by atoms with Crippen LogP contribution in [0.15, 0.2) is 36.4 Å². The number of amides is 2. The highest BCUT2D eigenvalue weighted by molar-refractivity contribution is 6.08. The molecule has 0 radical (unpaired) electrons. The van der Waals surface area contributed by atoms with Gasteiger partial charge in [-0.2, -0.15) is 0 Å². The first-order valence-corrected chi connectivity index (χ1v) is 8.72. The van der Waals surface area contributed by atoms with Gasteiger partial charge in [0.25, 0.3) is 0 Å². The number of benzene rings is 2. The Hall–Kier alpha value is -2.62. The van der Waals surface area contributed by atoms with Crippen LogP contribution < -0.4 is 10.6 Å². The molecule has 0 aliphatic carbocycles. The summed E-state index contributed by atoms with van der Waals surface area (Å²) in [6.45, 7) is 8.05. The van der Waals surface area contributed by atoms with Crippen molar-refractivity contribution in [3.05, 3.63) is 58.7 Å². The van der Waals surface area contributed by atoms with E-state index in [1.807, 2.05) is 50.2 Å². The van der Waals surface area contributed by atoms with Gasteiger partial charge in [-0.1, -0.05) is 44.2 Å². The summed E-state index contributed by atoms with van der Waals surface area (Å²) in [5.74, 6) is -0.600. The highest BCUT2D eigenvalue weighted by atomic mass is 16.2. The van der Waals surface area contributed by atoms with Crippen LogP contribution in [-0.2, 0) is 22.4 Å². The van der Waals surface area contributed by atoms with E-state index in [4.69, 9.17) is 0 Å². The van der Waals surface area contributed by atoms with Crippen LogP contribution in [0.25, 0.3) is 0 Å². The highest BCUT2D eigenvalue weighted by Gasteiger charge is 2.14. The van der Waals surface area contributed by atoms with Crippen molar-refractivity contribution in [3.8, 4) is 0 Å². The summed E-state index contributed by atoms with van der Waals surface area (Å²) in [6, 6.07) is 11.7. The molecule has 25 heavy (non-hydrogen) atoms. The number of anilines is 2. The Kier molecular flexibility index (Phi) is 6.34. The van der Waals surface area contributed by atoms with E-state index in [0.29, 0.717) is 0 Å². The molecular formula is C21H26N2O2. The van der Waals surface area contributed by atoms with Crippen LogP contribution in [0.5, 0.6) is 0 Å². The van der Waals surface area contributed by atoms with Gasteiger partial charge in [-0.3, -0.25) is 9.59 Å². The van der Waals surface area contributed by atoms with Crippen molar-refractivity contribution in [2.24, 2.45) is 0 Å². The van der Waals surface area contributed by atoms with E-state index in [1.54, 1.807) is 0 Å². The molecule has 2 amide bonds. The van der Waals surface area contributed by atoms with Gasteiger partial charge in [-0.15, -0.1) is 0 Å². The maximum atomic E-state index is 12.3. The molecule has 0 saturated carbocycles. The fourth-order valence-corrected chi connectivity index (χ4v) is 2.81. The maximum Gasteiger partial charge on any atom is 0.233 e. The molecule has 2 rings (SSSR count). The van der Waals surface area contributed by atoms with Crippen molar-refractivity contribution in [2.45, 2.75) is 47.0 Å². The summed E-state index contributed by atoms with van der Waals surface area (Å²) in [6.07, 6.45) is 1.46. The van der Waals surface area contributed by atoms with Crippen molar-refractivity contribution in [2.75, 3.05) is 10.6 Å². The Balaban J connectivity index is 2.05. The lowest BCUT2D eigenvalue weighted by Crippen LogP contribution is -2.23. The molecule has 2 aromatic carbocycles. The van der Waals surface area contributed by atoms with Gasteiger partial charge in [0.15, 0.2) is 0 Å². The van der Waals surface area contributed by atoms with E-state index < -0.39 is 0 Å². The SMILES string of the molecule is CCc1cccc(CC)c1NC(=O)CC(=O)Nc1cccc(C)c1C. The summed E-state index contributed by atoms with van der Waals surface area (Å²) in [5.41, 5.74) is 5.89. The van der Waals surface area contributed by atoms with Crippen LogP contribution in [0, 0.1) is 13.8 Å². The molecule has 0 aliphatic heterocycles. The molecule has 0 aliphatic rings. The topological polar surface area (TPSA) is 58.2 Å². The fourth-order valence-electron chi connectivity index (χ4n) is 2.81. The van der Waals surface area contributed by atoms with Crippen molar-refractivity contribution < 1.29 is 9.59 Å². The second-order valence-corrected chi connectivity index (χ2v) is 6.18. The first-order chi connectivity index (χ1) is 12.0. The minimum atomic E-state index is -0.307. The molecule has 0 fully saturated rings. The molecule has 4 heteroatoms. The van der Waals surface area contributed by atoms with Crippen LogP contribution in [-0.4, -0.2) is 11.8 Å². The summed E-state index contributed by atoms with van der Waals surface area (Å²) in [4.78, 5) is 24.5. The van der Waals surface area contributed by atoms with E-state index in [0.717, 1.165) is 46.5 Å². The number of aryl methyl sites for hydroxylation is 3. The largest absolute Gasteiger partial charge is 0.325 e. The van der Waals surface area contributed by atoms with E-state index in [1.165, 1.54) is 0 Å². The third-order valence-electron chi connectivity index (χ3n) is 4.46. The predicted octanol–water partition coefficient (Wildman–Crippen LogP) is 4.40. The quantitative estimate of drug-likeness (QED) is 0.767. The van der Waals surface area contributed by atoms with Crippen LogP contribution in [0.4, 0.5) is 11.4 Å². The second-order valence-electron chi connectivity index (χ2n) is 6.18. The smallest absolute Gasteiger partial charge is 0.233 e. The summed E-state index contributed by atoms with van der Waals surface area (Å²) < 4.78 is 0. The minimum absolute atomic E-state index is 0.200. The predicted molar refractivity (Wildman–Crippen MR) is 103 cm³/mol. The fraction of sp³-hybridized carbons (Fsp3) is 0.333. The van der Waals surface area contributed by atoms with Gasteiger partial charge in [0.1, 0.15) is 6.42 Å².